The first-order valence-corrected chi connectivity index (χ1v) is 3.98. The molecule has 0 fully saturated rings. The van der Waals surface area contributed by atoms with Crippen LogP contribution in [0.15, 0.2) is 12.2 Å². The summed E-state index contributed by atoms with van der Waals surface area (Å²) in [6.07, 6.45) is 6.49. The van der Waals surface area contributed by atoms with Crippen LogP contribution in [0.1, 0.15) is 19.8 Å². The minimum absolute atomic E-state index is 0.324. The van der Waals surface area contributed by atoms with Gasteiger partial charge in [-0.1, -0.05) is 19.1 Å². The van der Waals surface area contributed by atoms with Gasteiger partial charge in [0.2, 0.25) is 0 Å². The van der Waals surface area contributed by atoms with E-state index in [1.807, 2.05) is 0 Å². The molecule has 10 heavy (non-hydrogen) atoms. The van der Waals surface area contributed by atoms with Crippen LogP contribution < -0.4 is 11.1 Å². The number of nitrogens with two attached hydrogens (primary N) is 1. The lowest BCUT2D eigenvalue weighted by Crippen LogP contribution is -2.45. The van der Waals surface area contributed by atoms with E-state index >= 15 is 0 Å². The number of likely N-dealkylation sites (N-methyl/N-ethyl adjacent to an activating group) is 1. The molecule has 2 atom stereocenters. The quantitative estimate of drug-likeness (QED) is 0.552. The zero-order chi connectivity index (χ0) is 7.40. The van der Waals surface area contributed by atoms with E-state index in [-0.39, 0.29) is 0 Å². The maximum Gasteiger partial charge on any atom is 0.0256 e. The van der Waals surface area contributed by atoms with Crippen molar-refractivity contribution in [1.82, 2.24) is 5.32 Å². The zero-order valence-corrected chi connectivity index (χ0v) is 6.51. The third-order valence-electron chi connectivity index (χ3n) is 1.95. The minimum Gasteiger partial charge on any atom is -0.326 e. The predicted molar refractivity (Wildman–Crippen MR) is 43.8 cm³/mol. The molecule has 1 rings (SSSR count). The molecule has 0 heterocycles. The largest absolute Gasteiger partial charge is 0.326 e. The molecule has 1 aliphatic rings. The molecule has 2 unspecified atom stereocenters. The normalized spacial score (nSPS) is 32.6. The molecule has 0 saturated carbocycles. The highest BCUT2D eigenvalue weighted by molar-refractivity contribution is 4.99. The van der Waals surface area contributed by atoms with Crippen LogP contribution in [0.4, 0.5) is 0 Å². The number of nitrogens with one attached hydrogen (secondary N) is 1. The van der Waals surface area contributed by atoms with Crippen LogP contribution in [-0.2, 0) is 0 Å². The van der Waals surface area contributed by atoms with Crippen molar-refractivity contribution >= 4 is 0 Å². The van der Waals surface area contributed by atoms with Gasteiger partial charge in [-0.3, -0.25) is 0 Å². The third-order valence-corrected chi connectivity index (χ3v) is 1.95. The molecular formula is C8H16N2. The molecule has 2 heteroatoms. The highest BCUT2D eigenvalue weighted by Gasteiger charge is 2.16. The maximum atomic E-state index is 5.85. The highest BCUT2D eigenvalue weighted by Crippen LogP contribution is 2.08. The molecule has 0 aromatic heterocycles. The van der Waals surface area contributed by atoms with E-state index in [9.17, 15) is 0 Å². The number of hydrogen-bond donors (Lipinski definition) is 2. The van der Waals surface area contributed by atoms with Gasteiger partial charge in [-0.15, -0.1) is 0 Å². The average molecular weight is 140 g/mol. The van der Waals surface area contributed by atoms with Crippen molar-refractivity contribution in [2.45, 2.75) is 31.8 Å². The Labute approximate surface area is 62.5 Å². The van der Waals surface area contributed by atoms with E-state index in [0.29, 0.717) is 12.1 Å². The van der Waals surface area contributed by atoms with Gasteiger partial charge in [-0.2, -0.15) is 0 Å². The second-order valence-electron chi connectivity index (χ2n) is 2.77. The Morgan fingerprint density at radius 3 is 2.80 bits per heavy atom. The first-order valence-electron chi connectivity index (χ1n) is 3.98. The van der Waals surface area contributed by atoms with Gasteiger partial charge >= 0.3 is 0 Å². The van der Waals surface area contributed by atoms with Crippen molar-refractivity contribution < 1.29 is 0 Å². The van der Waals surface area contributed by atoms with Crippen molar-refractivity contribution in [1.29, 1.82) is 0 Å². The molecule has 0 aromatic rings. The first-order chi connectivity index (χ1) is 4.84. The van der Waals surface area contributed by atoms with Crippen LogP contribution >= 0.6 is 0 Å². The monoisotopic (exact) mass is 140 g/mol. The maximum absolute atomic E-state index is 5.85. The average Bonchev–Trinajstić information content (AvgIpc) is 1.94. The summed E-state index contributed by atoms with van der Waals surface area (Å²) >= 11 is 0. The van der Waals surface area contributed by atoms with E-state index in [1.165, 1.54) is 0 Å². The Morgan fingerprint density at radius 2 is 2.20 bits per heavy atom. The summed E-state index contributed by atoms with van der Waals surface area (Å²) in [5.74, 6) is 0. The topological polar surface area (TPSA) is 38.0 Å². The van der Waals surface area contributed by atoms with Crippen LogP contribution in [0.25, 0.3) is 0 Å². The van der Waals surface area contributed by atoms with Crippen LogP contribution in [0.2, 0.25) is 0 Å². The lowest BCUT2D eigenvalue weighted by atomic mass is 9.97. The van der Waals surface area contributed by atoms with Gasteiger partial charge in [-0.05, 0) is 19.4 Å². The SMILES string of the molecule is CCNC1CC=CCC1N. The van der Waals surface area contributed by atoms with Gasteiger partial charge in [0.15, 0.2) is 0 Å². The standard InChI is InChI=1S/C8H16N2/c1-2-10-8-6-4-3-5-7(8)9/h3-4,7-8,10H,2,5-6,9H2,1H3. The van der Waals surface area contributed by atoms with Crippen molar-refractivity contribution in [3.63, 3.8) is 0 Å². The summed E-state index contributed by atoms with van der Waals surface area (Å²) in [5, 5.41) is 3.36. The third kappa shape index (κ3) is 1.82. The molecular weight excluding hydrogens is 124 g/mol. The fourth-order valence-corrected chi connectivity index (χ4v) is 1.33. The van der Waals surface area contributed by atoms with Crippen LogP contribution in [-0.4, -0.2) is 18.6 Å². The van der Waals surface area contributed by atoms with E-state index in [4.69, 9.17) is 5.73 Å². The molecule has 0 aliphatic heterocycles. The molecule has 3 N–H and O–H groups in total. The van der Waals surface area contributed by atoms with Crippen molar-refractivity contribution in [3.05, 3.63) is 12.2 Å². The number of rotatable bonds is 2. The van der Waals surface area contributed by atoms with Crippen LogP contribution in [0, 0.1) is 0 Å². The molecule has 1 aliphatic carbocycles. The van der Waals surface area contributed by atoms with E-state index in [2.05, 4.69) is 24.4 Å². The molecule has 0 bridgehead atoms. The Bertz CT molecular complexity index is 120. The summed E-state index contributed by atoms with van der Waals surface area (Å²) in [7, 11) is 0. The van der Waals surface area contributed by atoms with Crippen molar-refractivity contribution in [2.75, 3.05) is 6.54 Å². The molecule has 0 saturated heterocycles. The van der Waals surface area contributed by atoms with Gasteiger partial charge in [-0.25, -0.2) is 0 Å². The van der Waals surface area contributed by atoms with Crippen LogP contribution in [0.5, 0.6) is 0 Å². The summed E-state index contributed by atoms with van der Waals surface area (Å²) in [6, 6.07) is 0.833. The van der Waals surface area contributed by atoms with Gasteiger partial charge < -0.3 is 11.1 Å². The Hall–Kier alpha value is -0.340. The first kappa shape index (κ1) is 7.76. The van der Waals surface area contributed by atoms with Gasteiger partial charge in [0.1, 0.15) is 0 Å². The smallest absolute Gasteiger partial charge is 0.0256 e. The summed E-state index contributed by atoms with van der Waals surface area (Å²) in [6.45, 7) is 3.14. The molecule has 2 nitrogen and oxygen atoms in total. The van der Waals surface area contributed by atoms with Crippen molar-refractivity contribution in [2.24, 2.45) is 5.73 Å². The summed E-state index contributed by atoms with van der Waals surface area (Å²) in [4.78, 5) is 0. The Kier molecular flexibility index (Phi) is 2.90. The van der Waals surface area contributed by atoms with E-state index < -0.39 is 0 Å². The minimum atomic E-state index is 0.324. The predicted octanol–water partition coefficient (Wildman–Crippen LogP) is 0.642. The second-order valence-corrected chi connectivity index (χ2v) is 2.77. The summed E-state index contributed by atoms with van der Waals surface area (Å²) in [5.41, 5.74) is 5.85. The van der Waals surface area contributed by atoms with Gasteiger partial charge in [0.25, 0.3) is 0 Å². The molecule has 0 spiro atoms. The second kappa shape index (κ2) is 3.74. The fourth-order valence-electron chi connectivity index (χ4n) is 1.33. The van der Waals surface area contributed by atoms with Crippen molar-refractivity contribution in [3.8, 4) is 0 Å². The highest BCUT2D eigenvalue weighted by atomic mass is 14.9. The Balaban J connectivity index is 2.35. The van der Waals surface area contributed by atoms with E-state index in [0.717, 1.165) is 19.4 Å². The molecule has 58 valence electrons. The fraction of sp³-hybridized carbons (Fsp3) is 0.750. The van der Waals surface area contributed by atoms with E-state index in [1.54, 1.807) is 0 Å². The zero-order valence-electron chi connectivity index (χ0n) is 6.51. The van der Waals surface area contributed by atoms with Crippen LogP contribution in [0.3, 0.4) is 0 Å². The van der Waals surface area contributed by atoms with Gasteiger partial charge in [0, 0.05) is 12.1 Å². The molecule has 0 aromatic carbocycles. The summed E-state index contributed by atoms with van der Waals surface area (Å²) < 4.78 is 0. The van der Waals surface area contributed by atoms with Gasteiger partial charge in [0.05, 0.1) is 0 Å². The molecule has 0 radical (unpaired) electrons. The lowest BCUT2D eigenvalue weighted by molar-refractivity contribution is 0.429. The molecule has 0 amide bonds. The lowest BCUT2D eigenvalue weighted by Gasteiger charge is -2.25. The number of hydrogen-bond acceptors (Lipinski definition) is 2. The Morgan fingerprint density at radius 1 is 1.50 bits per heavy atom.